The van der Waals surface area contributed by atoms with Crippen LogP contribution in [0, 0.1) is 5.92 Å². The molecule has 3 rings (SSSR count). The number of carbonyl (C=O) groups excluding carboxylic acids is 1. The van der Waals surface area contributed by atoms with Crippen molar-refractivity contribution in [1.82, 2.24) is 4.90 Å². The number of nitrogens with zero attached hydrogens (tertiary/aromatic N) is 1. The minimum Gasteiger partial charge on any atom is -0.335 e. The Bertz CT molecular complexity index is 485. The molecule has 0 bridgehead atoms. The van der Waals surface area contributed by atoms with Gasteiger partial charge in [-0.1, -0.05) is 19.3 Å². The second-order valence-electron chi connectivity index (χ2n) is 6.17. The summed E-state index contributed by atoms with van der Waals surface area (Å²) >= 11 is 1.82. The number of thiophene rings is 1. The predicted molar refractivity (Wildman–Crippen MR) is 82.7 cm³/mol. The van der Waals surface area contributed by atoms with Gasteiger partial charge in [-0.15, -0.1) is 11.3 Å². The first kappa shape index (κ1) is 14.1. The van der Waals surface area contributed by atoms with Crippen LogP contribution in [0.4, 0.5) is 0 Å². The molecule has 20 heavy (non-hydrogen) atoms. The van der Waals surface area contributed by atoms with Crippen LogP contribution in [0.15, 0.2) is 11.4 Å². The molecule has 0 spiro atoms. The second kappa shape index (κ2) is 5.86. The summed E-state index contributed by atoms with van der Waals surface area (Å²) in [5.74, 6) is 0.337. The Morgan fingerprint density at radius 3 is 3.00 bits per heavy atom. The monoisotopic (exact) mass is 292 g/mol. The summed E-state index contributed by atoms with van der Waals surface area (Å²) in [6.07, 6.45) is 6.53. The highest BCUT2D eigenvalue weighted by Gasteiger charge is 2.35. The van der Waals surface area contributed by atoms with Crippen LogP contribution in [0.5, 0.6) is 0 Å². The first-order valence-corrected chi connectivity index (χ1v) is 8.69. The van der Waals surface area contributed by atoms with Gasteiger partial charge < -0.3 is 10.6 Å². The quantitative estimate of drug-likeness (QED) is 0.808. The van der Waals surface area contributed by atoms with Crippen molar-refractivity contribution < 1.29 is 4.79 Å². The van der Waals surface area contributed by atoms with Crippen LogP contribution in [0.25, 0.3) is 0 Å². The van der Waals surface area contributed by atoms with E-state index in [2.05, 4.69) is 23.3 Å². The van der Waals surface area contributed by atoms with E-state index in [0.29, 0.717) is 5.91 Å². The van der Waals surface area contributed by atoms with Crippen molar-refractivity contribution >= 4 is 17.2 Å². The summed E-state index contributed by atoms with van der Waals surface area (Å²) < 4.78 is 0. The third-order valence-electron chi connectivity index (χ3n) is 4.95. The smallest absolute Gasteiger partial charge is 0.227 e. The molecule has 1 saturated carbocycles. The molecule has 1 aromatic rings. The molecule has 3 unspecified atom stereocenters. The third kappa shape index (κ3) is 2.51. The van der Waals surface area contributed by atoms with Crippen molar-refractivity contribution in [3.05, 3.63) is 21.9 Å². The molecule has 0 saturated heterocycles. The number of amides is 1. The fourth-order valence-corrected chi connectivity index (χ4v) is 4.63. The van der Waals surface area contributed by atoms with Gasteiger partial charge in [0.15, 0.2) is 0 Å². The van der Waals surface area contributed by atoms with Crippen LogP contribution in [0.1, 0.15) is 55.5 Å². The van der Waals surface area contributed by atoms with Crippen LogP contribution in [0.2, 0.25) is 0 Å². The van der Waals surface area contributed by atoms with Crippen molar-refractivity contribution in [2.24, 2.45) is 11.7 Å². The lowest BCUT2D eigenvalue weighted by molar-refractivity contribution is -0.139. The molecule has 2 aliphatic rings. The fourth-order valence-electron chi connectivity index (χ4n) is 3.67. The van der Waals surface area contributed by atoms with Crippen LogP contribution in [-0.4, -0.2) is 23.4 Å². The van der Waals surface area contributed by atoms with Crippen molar-refractivity contribution in [2.75, 3.05) is 6.54 Å². The first-order valence-electron chi connectivity index (χ1n) is 7.81. The van der Waals surface area contributed by atoms with Crippen LogP contribution < -0.4 is 5.73 Å². The zero-order valence-electron chi connectivity index (χ0n) is 12.2. The zero-order valence-corrected chi connectivity index (χ0v) is 13.0. The minimum atomic E-state index is 0.0418. The lowest BCUT2D eigenvalue weighted by Crippen LogP contribution is -2.46. The summed E-state index contributed by atoms with van der Waals surface area (Å²) in [6.45, 7) is 3.02. The highest BCUT2D eigenvalue weighted by molar-refractivity contribution is 7.10. The Labute approximate surface area is 125 Å². The molecular formula is C16H24N2OS. The number of fused-ring (bicyclic) bond motifs is 1. The van der Waals surface area contributed by atoms with Crippen molar-refractivity contribution in [3.63, 3.8) is 0 Å². The normalized spacial score (nSPS) is 30.7. The van der Waals surface area contributed by atoms with E-state index >= 15 is 0 Å². The summed E-state index contributed by atoms with van der Waals surface area (Å²) in [6, 6.07) is 2.45. The molecular weight excluding hydrogens is 268 g/mol. The van der Waals surface area contributed by atoms with Gasteiger partial charge in [0.25, 0.3) is 0 Å². The third-order valence-corrected chi connectivity index (χ3v) is 5.94. The Balaban J connectivity index is 1.77. The Morgan fingerprint density at radius 2 is 2.15 bits per heavy atom. The number of hydrogen-bond acceptors (Lipinski definition) is 3. The van der Waals surface area contributed by atoms with Gasteiger partial charge in [-0.3, -0.25) is 4.79 Å². The minimum absolute atomic E-state index is 0.0418. The maximum absolute atomic E-state index is 12.9. The van der Waals surface area contributed by atoms with Crippen LogP contribution in [0.3, 0.4) is 0 Å². The first-order chi connectivity index (χ1) is 9.68. The SMILES string of the molecule is CC1c2ccsc2CCN1C(=O)C1CCCCCC1N. The molecule has 1 aromatic heterocycles. The molecule has 3 atom stereocenters. The molecule has 1 aliphatic carbocycles. The molecule has 2 N–H and O–H groups in total. The molecule has 1 aliphatic heterocycles. The maximum atomic E-state index is 12.9. The Kier molecular flexibility index (Phi) is 4.13. The van der Waals surface area contributed by atoms with E-state index in [1.54, 1.807) is 0 Å². The number of carbonyl (C=O) groups is 1. The number of nitrogens with two attached hydrogens (primary N) is 1. The van der Waals surface area contributed by atoms with Gasteiger partial charge in [-0.05, 0) is 43.2 Å². The molecule has 4 heteroatoms. The number of rotatable bonds is 1. The van der Waals surface area contributed by atoms with Crippen LogP contribution >= 0.6 is 11.3 Å². The lowest BCUT2D eigenvalue weighted by Gasteiger charge is -2.37. The van der Waals surface area contributed by atoms with E-state index in [1.807, 2.05) is 11.3 Å². The van der Waals surface area contributed by atoms with E-state index in [9.17, 15) is 4.79 Å². The van der Waals surface area contributed by atoms with E-state index in [1.165, 1.54) is 23.3 Å². The number of hydrogen-bond donors (Lipinski definition) is 1. The van der Waals surface area contributed by atoms with Gasteiger partial charge in [-0.25, -0.2) is 0 Å². The molecule has 3 nitrogen and oxygen atoms in total. The van der Waals surface area contributed by atoms with E-state index in [0.717, 1.165) is 32.2 Å². The summed E-state index contributed by atoms with van der Waals surface area (Å²) in [7, 11) is 0. The average Bonchev–Trinajstić information content (AvgIpc) is 2.82. The molecule has 1 fully saturated rings. The molecule has 1 amide bonds. The van der Waals surface area contributed by atoms with Crippen molar-refractivity contribution in [2.45, 2.75) is 57.5 Å². The summed E-state index contributed by atoms with van der Waals surface area (Å²) in [5.41, 5.74) is 7.61. The Morgan fingerprint density at radius 1 is 1.35 bits per heavy atom. The van der Waals surface area contributed by atoms with Gasteiger partial charge >= 0.3 is 0 Å². The molecule has 110 valence electrons. The summed E-state index contributed by atoms with van der Waals surface area (Å²) in [4.78, 5) is 16.4. The summed E-state index contributed by atoms with van der Waals surface area (Å²) in [5, 5.41) is 2.15. The average molecular weight is 292 g/mol. The Hall–Kier alpha value is -0.870. The van der Waals surface area contributed by atoms with E-state index in [4.69, 9.17) is 5.73 Å². The van der Waals surface area contributed by atoms with Gasteiger partial charge in [0, 0.05) is 17.5 Å². The fraction of sp³-hybridized carbons (Fsp3) is 0.688. The van der Waals surface area contributed by atoms with Gasteiger partial charge in [0.2, 0.25) is 5.91 Å². The highest BCUT2D eigenvalue weighted by atomic mass is 32.1. The lowest BCUT2D eigenvalue weighted by atomic mass is 9.91. The van der Waals surface area contributed by atoms with Gasteiger partial charge in [0.05, 0.1) is 12.0 Å². The largest absolute Gasteiger partial charge is 0.335 e. The molecule has 0 radical (unpaired) electrons. The van der Waals surface area contributed by atoms with Crippen molar-refractivity contribution in [3.8, 4) is 0 Å². The standard InChI is InChI=1S/C16H24N2OS/c1-11-12-8-10-20-15(12)7-9-18(11)16(19)13-5-3-2-4-6-14(13)17/h8,10-11,13-14H,2-7,9,17H2,1H3. The molecule has 0 aromatic carbocycles. The highest BCUT2D eigenvalue weighted by Crippen LogP contribution is 2.35. The van der Waals surface area contributed by atoms with Gasteiger partial charge in [-0.2, -0.15) is 0 Å². The maximum Gasteiger partial charge on any atom is 0.227 e. The van der Waals surface area contributed by atoms with Gasteiger partial charge in [0.1, 0.15) is 0 Å². The van der Waals surface area contributed by atoms with E-state index < -0.39 is 0 Å². The van der Waals surface area contributed by atoms with E-state index in [-0.39, 0.29) is 18.0 Å². The van der Waals surface area contributed by atoms with Crippen molar-refractivity contribution in [1.29, 1.82) is 0 Å². The van der Waals surface area contributed by atoms with Crippen LogP contribution in [-0.2, 0) is 11.2 Å². The molecule has 2 heterocycles. The second-order valence-corrected chi connectivity index (χ2v) is 7.17. The topological polar surface area (TPSA) is 46.3 Å². The predicted octanol–water partition coefficient (Wildman–Crippen LogP) is 3.10. The zero-order chi connectivity index (χ0) is 14.1.